The second-order valence-electron chi connectivity index (χ2n) is 3.92. The van der Waals surface area contributed by atoms with Crippen molar-refractivity contribution in [3.63, 3.8) is 0 Å². The summed E-state index contributed by atoms with van der Waals surface area (Å²) in [5, 5.41) is 0.0220. The summed E-state index contributed by atoms with van der Waals surface area (Å²) >= 11 is 5.74. The van der Waals surface area contributed by atoms with Crippen LogP contribution in [0.4, 0.5) is 4.39 Å². The van der Waals surface area contributed by atoms with Gasteiger partial charge in [0, 0.05) is 12.6 Å². The molecule has 94 valence electrons. The van der Waals surface area contributed by atoms with Gasteiger partial charge in [-0.15, -0.1) is 0 Å². The van der Waals surface area contributed by atoms with E-state index in [-0.39, 0.29) is 10.8 Å². The lowest BCUT2D eigenvalue weighted by Gasteiger charge is -2.07. The zero-order valence-electron chi connectivity index (χ0n) is 10.1. The highest BCUT2D eigenvalue weighted by Crippen LogP contribution is 2.21. The zero-order chi connectivity index (χ0) is 13.3. The number of hydrogen-bond donors (Lipinski definition) is 0. The van der Waals surface area contributed by atoms with Gasteiger partial charge in [-0.1, -0.05) is 18.5 Å². The molecular formula is C13H12ClFN2O. The molecule has 0 N–H and O–H groups in total. The second-order valence-corrected chi connectivity index (χ2v) is 4.33. The Bertz CT molecular complexity index is 607. The number of rotatable bonds is 3. The maximum atomic E-state index is 13.1. The molecule has 0 aliphatic carbocycles. The van der Waals surface area contributed by atoms with Gasteiger partial charge in [-0.05, 0) is 24.6 Å². The van der Waals surface area contributed by atoms with E-state index in [1.807, 2.05) is 6.92 Å². The molecule has 0 spiro atoms. The first kappa shape index (κ1) is 12.8. The molecule has 2 rings (SSSR count). The maximum absolute atomic E-state index is 13.1. The number of benzene rings is 1. The van der Waals surface area contributed by atoms with E-state index in [0.717, 1.165) is 5.69 Å². The number of Topliss-reactive ketones (excluding diaryl/α,β-unsaturated/α-hetero) is 1. The molecule has 3 nitrogen and oxygen atoms in total. The predicted molar refractivity (Wildman–Crippen MR) is 67.9 cm³/mol. The van der Waals surface area contributed by atoms with E-state index >= 15 is 0 Å². The SMILES string of the molecule is CCc1ncn(-c2ccc(F)c(Cl)c2)c1C(C)=O. The van der Waals surface area contributed by atoms with Gasteiger partial charge in [0.1, 0.15) is 17.8 Å². The quantitative estimate of drug-likeness (QED) is 0.798. The van der Waals surface area contributed by atoms with Gasteiger partial charge in [0.05, 0.1) is 10.7 Å². The number of aromatic nitrogens is 2. The molecule has 0 atom stereocenters. The average Bonchev–Trinajstić information content (AvgIpc) is 2.76. The fourth-order valence-corrected chi connectivity index (χ4v) is 2.02. The van der Waals surface area contributed by atoms with E-state index < -0.39 is 5.82 Å². The molecule has 0 amide bonds. The highest BCUT2D eigenvalue weighted by molar-refractivity contribution is 6.30. The smallest absolute Gasteiger partial charge is 0.178 e. The third-order valence-electron chi connectivity index (χ3n) is 2.69. The van der Waals surface area contributed by atoms with E-state index in [9.17, 15) is 9.18 Å². The van der Waals surface area contributed by atoms with Crippen molar-refractivity contribution >= 4 is 17.4 Å². The summed E-state index contributed by atoms with van der Waals surface area (Å²) in [6.45, 7) is 3.41. The molecule has 2 aromatic rings. The summed E-state index contributed by atoms with van der Waals surface area (Å²) in [6, 6.07) is 4.31. The number of carbonyl (C=O) groups is 1. The van der Waals surface area contributed by atoms with Crippen molar-refractivity contribution in [3.8, 4) is 5.69 Å². The van der Waals surface area contributed by atoms with Gasteiger partial charge in [0.25, 0.3) is 0 Å². The molecule has 0 saturated heterocycles. The van der Waals surface area contributed by atoms with E-state index in [0.29, 0.717) is 17.8 Å². The first-order valence-electron chi connectivity index (χ1n) is 5.57. The van der Waals surface area contributed by atoms with Crippen LogP contribution in [0.2, 0.25) is 5.02 Å². The van der Waals surface area contributed by atoms with E-state index in [1.54, 1.807) is 17.0 Å². The van der Waals surface area contributed by atoms with Crippen molar-refractivity contribution < 1.29 is 9.18 Å². The Labute approximate surface area is 109 Å². The molecule has 1 aromatic heterocycles. The lowest BCUT2D eigenvalue weighted by atomic mass is 10.2. The fourth-order valence-electron chi connectivity index (χ4n) is 1.85. The van der Waals surface area contributed by atoms with Crippen molar-refractivity contribution in [1.29, 1.82) is 0 Å². The minimum atomic E-state index is -0.486. The summed E-state index contributed by atoms with van der Waals surface area (Å²) < 4.78 is 14.8. The van der Waals surface area contributed by atoms with Crippen LogP contribution >= 0.6 is 11.6 Å². The van der Waals surface area contributed by atoms with Gasteiger partial charge in [0.15, 0.2) is 5.78 Å². The molecule has 0 radical (unpaired) electrons. The Morgan fingerprint density at radius 1 is 1.50 bits per heavy atom. The van der Waals surface area contributed by atoms with Gasteiger partial charge in [-0.2, -0.15) is 0 Å². The minimum absolute atomic E-state index is 0.0220. The molecule has 0 unspecified atom stereocenters. The van der Waals surface area contributed by atoms with Gasteiger partial charge in [0.2, 0.25) is 0 Å². The van der Waals surface area contributed by atoms with Crippen LogP contribution in [-0.4, -0.2) is 15.3 Å². The predicted octanol–water partition coefficient (Wildman–Crippen LogP) is 3.43. The summed E-state index contributed by atoms with van der Waals surface area (Å²) in [7, 11) is 0. The third kappa shape index (κ3) is 2.16. The standard InChI is InChI=1S/C13H12ClFN2O/c1-3-12-13(8(2)18)17(7-16-12)9-4-5-11(15)10(14)6-9/h4-7H,3H2,1-2H3. The summed E-state index contributed by atoms with van der Waals surface area (Å²) in [6.07, 6.45) is 2.22. The first-order valence-corrected chi connectivity index (χ1v) is 5.95. The average molecular weight is 267 g/mol. The number of nitrogens with zero attached hydrogens (tertiary/aromatic N) is 2. The van der Waals surface area contributed by atoms with Crippen molar-refractivity contribution in [1.82, 2.24) is 9.55 Å². The maximum Gasteiger partial charge on any atom is 0.178 e. The summed E-state index contributed by atoms with van der Waals surface area (Å²) in [5.74, 6) is -0.564. The molecule has 0 aliphatic rings. The normalized spacial score (nSPS) is 10.7. The number of ketones is 1. The van der Waals surface area contributed by atoms with Crippen LogP contribution in [0.25, 0.3) is 5.69 Å². The van der Waals surface area contributed by atoms with E-state index in [2.05, 4.69) is 4.98 Å². The van der Waals surface area contributed by atoms with Gasteiger partial charge in [-0.25, -0.2) is 9.37 Å². The first-order chi connectivity index (χ1) is 8.54. The van der Waals surface area contributed by atoms with Crippen LogP contribution in [-0.2, 0) is 6.42 Å². The van der Waals surface area contributed by atoms with E-state index in [4.69, 9.17) is 11.6 Å². The van der Waals surface area contributed by atoms with Crippen LogP contribution < -0.4 is 0 Å². The molecule has 18 heavy (non-hydrogen) atoms. The highest BCUT2D eigenvalue weighted by atomic mass is 35.5. The largest absolute Gasteiger partial charge is 0.296 e. The Hall–Kier alpha value is -1.68. The molecular weight excluding hydrogens is 255 g/mol. The Morgan fingerprint density at radius 2 is 2.22 bits per heavy atom. The lowest BCUT2D eigenvalue weighted by molar-refractivity contribution is 0.101. The van der Waals surface area contributed by atoms with Gasteiger partial charge < -0.3 is 0 Å². The molecule has 0 aliphatic heterocycles. The van der Waals surface area contributed by atoms with Crippen LogP contribution in [0.3, 0.4) is 0 Å². The van der Waals surface area contributed by atoms with Crippen LogP contribution in [0.5, 0.6) is 0 Å². The zero-order valence-corrected chi connectivity index (χ0v) is 10.8. The Balaban J connectivity index is 2.60. The molecule has 0 fully saturated rings. The number of aryl methyl sites for hydroxylation is 1. The van der Waals surface area contributed by atoms with Gasteiger partial charge in [-0.3, -0.25) is 9.36 Å². The molecule has 0 saturated carbocycles. The fraction of sp³-hybridized carbons (Fsp3) is 0.231. The molecule has 5 heteroatoms. The number of hydrogen-bond acceptors (Lipinski definition) is 2. The monoisotopic (exact) mass is 266 g/mol. The highest BCUT2D eigenvalue weighted by Gasteiger charge is 2.15. The molecule has 0 bridgehead atoms. The van der Waals surface area contributed by atoms with Gasteiger partial charge >= 0.3 is 0 Å². The van der Waals surface area contributed by atoms with Crippen molar-refractivity contribution in [3.05, 3.63) is 46.8 Å². The third-order valence-corrected chi connectivity index (χ3v) is 2.98. The van der Waals surface area contributed by atoms with Crippen LogP contribution in [0, 0.1) is 5.82 Å². The van der Waals surface area contributed by atoms with Crippen molar-refractivity contribution in [2.75, 3.05) is 0 Å². The summed E-state index contributed by atoms with van der Waals surface area (Å²) in [5.41, 5.74) is 1.86. The number of imidazole rings is 1. The molecule has 1 aromatic carbocycles. The lowest BCUT2D eigenvalue weighted by Crippen LogP contribution is -2.06. The minimum Gasteiger partial charge on any atom is -0.296 e. The summed E-state index contributed by atoms with van der Waals surface area (Å²) in [4.78, 5) is 15.9. The topological polar surface area (TPSA) is 34.9 Å². The van der Waals surface area contributed by atoms with Crippen molar-refractivity contribution in [2.24, 2.45) is 0 Å². The Kier molecular flexibility index (Phi) is 3.48. The number of carbonyl (C=O) groups excluding carboxylic acids is 1. The molecule has 1 heterocycles. The van der Waals surface area contributed by atoms with Crippen LogP contribution in [0.1, 0.15) is 30.0 Å². The van der Waals surface area contributed by atoms with Crippen molar-refractivity contribution in [2.45, 2.75) is 20.3 Å². The number of halogens is 2. The Morgan fingerprint density at radius 3 is 2.78 bits per heavy atom. The van der Waals surface area contributed by atoms with Crippen LogP contribution in [0.15, 0.2) is 24.5 Å². The van der Waals surface area contributed by atoms with E-state index in [1.165, 1.54) is 19.1 Å². The second kappa shape index (κ2) is 4.90.